The van der Waals surface area contributed by atoms with Gasteiger partial charge in [0.05, 0.1) is 20.8 Å². The van der Waals surface area contributed by atoms with E-state index in [2.05, 4.69) is 27.3 Å². The number of tetrazole rings is 1. The van der Waals surface area contributed by atoms with Crippen molar-refractivity contribution in [3.8, 4) is 11.5 Å². The van der Waals surface area contributed by atoms with E-state index in [0.717, 1.165) is 54.4 Å². The molecule has 0 radical (unpaired) electrons. The Balaban J connectivity index is 1.74. The van der Waals surface area contributed by atoms with Crippen LogP contribution in [0.15, 0.2) is 42.5 Å². The lowest BCUT2D eigenvalue weighted by atomic mass is 9.95. The Hall–Kier alpha value is -3.00. The normalized spacial score (nSPS) is 16.3. The molecule has 0 unspecified atom stereocenters. The molecule has 3 aromatic rings. The summed E-state index contributed by atoms with van der Waals surface area (Å²) in [4.78, 5) is 2.41. The Kier molecular flexibility index (Phi) is 6.46. The average Bonchev–Trinajstić information content (AvgIpc) is 3.24. The molecule has 31 heavy (non-hydrogen) atoms. The summed E-state index contributed by atoms with van der Waals surface area (Å²) in [5.41, 5.74) is 1.93. The Morgan fingerprint density at radius 1 is 1.06 bits per heavy atom. The second-order valence-corrected chi connectivity index (χ2v) is 8.05. The minimum absolute atomic E-state index is 0.163. The Morgan fingerprint density at radius 3 is 2.48 bits per heavy atom. The minimum Gasteiger partial charge on any atom is -0.497 e. The zero-order valence-electron chi connectivity index (χ0n) is 18.2. The summed E-state index contributed by atoms with van der Waals surface area (Å²) in [5.74, 6) is 2.65. The monoisotopic (exact) mass is 425 g/mol. The third kappa shape index (κ3) is 4.69. The molecule has 2 aromatic carbocycles. The van der Waals surface area contributed by atoms with E-state index in [1.807, 2.05) is 18.2 Å². The molecule has 1 aliphatic rings. The van der Waals surface area contributed by atoms with Crippen molar-refractivity contribution >= 4 is 0 Å². The van der Waals surface area contributed by atoms with E-state index in [4.69, 9.17) is 9.47 Å². The third-order valence-corrected chi connectivity index (χ3v) is 5.97. The van der Waals surface area contributed by atoms with Gasteiger partial charge in [0.25, 0.3) is 0 Å². The standard InChI is InChI=1S/C23H28FN5O2/c1-16-10-12-28(13-11-16)22(20-9-8-19(30-2)14-21(20)31-3)23-25-26-27-29(23)15-17-4-6-18(24)7-5-17/h4-9,14,16,22H,10-13,15H2,1-3H3/t22-/m0/s1. The van der Waals surface area contributed by atoms with Crippen molar-refractivity contribution < 1.29 is 13.9 Å². The molecule has 1 fully saturated rings. The number of rotatable bonds is 7. The van der Waals surface area contributed by atoms with Crippen molar-refractivity contribution in [2.24, 2.45) is 5.92 Å². The molecule has 0 spiro atoms. The van der Waals surface area contributed by atoms with Crippen molar-refractivity contribution in [2.45, 2.75) is 32.4 Å². The SMILES string of the molecule is COc1ccc([C@@H](c2nnnn2Cc2ccc(F)cc2)N2CCC(C)CC2)c(OC)c1. The number of halogens is 1. The van der Waals surface area contributed by atoms with E-state index in [-0.39, 0.29) is 11.9 Å². The maximum absolute atomic E-state index is 13.3. The third-order valence-electron chi connectivity index (χ3n) is 5.97. The zero-order valence-corrected chi connectivity index (χ0v) is 18.2. The molecule has 0 amide bonds. The number of aromatic nitrogens is 4. The van der Waals surface area contributed by atoms with Gasteiger partial charge in [0.2, 0.25) is 0 Å². The molecule has 0 N–H and O–H groups in total. The van der Waals surface area contributed by atoms with Gasteiger partial charge in [-0.1, -0.05) is 19.1 Å². The summed E-state index contributed by atoms with van der Waals surface area (Å²) < 4.78 is 26.2. The molecular formula is C23H28FN5O2. The Morgan fingerprint density at radius 2 is 1.81 bits per heavy atom. The van der Waals surface area contributed by atoms with E-state index in [1.54, 1.807) is 31.0 Å². The van der Waals surface area contributed by atoms with Crippen molar-refractivity contribution in [1.82, 2.24) is 25.1 Å². The maximum Gasteiger partial charge on any atom is 0.173 e. The van der Waals surface area contributed by atoms with Gasteiger partial charge in [-0.25, -0.2) is 9.07 Å². The van der Waals surface area contributed by atoms with Crippen LogP contribution in [-0.4, -0.2) is 52.4 Å². The molecule has 0 aliphatic carbocycles. The molecule has 1 saturated heterocycles. The first kappa shape index (κ1) is 21.2. The first-order valence-corrected chi connectivity index (χ1v) is 10.6. The summed E-state index contributed by atoms with van der Waals surface area (Å²) in [6.07, 6.45) is 2.24. The molecule has 0 saturated carbocycles. The van der Waals surface area contributed by atoms with Crippen LogP contribution < -0.4 is 9.47 Å². The first-order valence-electron chi connectivity index (χ1n) is 10.6. The number of nitrogens with zero attached hydrogens (tertiary/aromatic N) is 5. The Bertz CT molecular complexity index is 999. The summed E-state index contributed by atoms with van der Waals surface area (Å²) in [6.45, 7) is 4.65. The molecule has 1 aliphatic heterocycles. The van der Waals surface area contributed by atoms with Gasteiger partial charge < -0.3 is 9.47 Å². The summed E-state index contributed by atoms with van der Waals surface area (Å²) >= 11 is 0. The summed E-state index contributed by atoms with van der Waals surface area (Å²) in [7, 11) is 3.30. The highest BCUT2D eigenvalue weighted by Gasteiger charge is 2.32. The van der Waals surface area contributed by atoms with Gasteiger partial charge in [-0.2, -0.15) is 0 Å². The van der Waals surface area contributed by atoms with Crippen LogP contribution in [0.1, 0.15) is 42.8 Å². The number of piperidine rings is 1. The van der Waals surface area contributed by atoms with Crippen molar-refractivity contribution in [3.63, 3.8) is 0 Å². The fraction of sp³-hybridized carbons (Fsp3) is 0.435. The number of hydrogen-bond donors (Lipinski definition) is 0. The van der Waals surface area contributed by atoms with Gasteiger partial charge in [-0.15, -0.1) is 5.10 Å². The molecule has 4 rings (SSSR count). The Labute approximate surface area is 181 Å². The van der Waals surface area contributed by atoms with E-state index in [0.29, 0.717) is 12.5 Å². The molecule has 0 bridgehead atoms. The highest BCUT2D eigenvalue weighted by Crippen LogP contribution is 2.37. The van der Waals surface area contributed by atoms with Crippen LogP contribution in [0.4, 0.5) is 4.39 Å². The lowest BCUT2D eigenvalue weighted by Gasteiger charge is -2.36. The van der Waals surface area contributed by atoms with Crippen molar-refractivity contribution in [2.75, 3.05) is 27.3 Å². The molecule has 8 heteroatoms. The number of likely N-dealkylation sites (tertiary alicyclic amines) is 1. The van der Waals surface area contributed by atoms with Gasteiger partial charge in [0.1, 0.15) is 23.4 Å². The van der Waals surface area contributed by atoms with Crippen LogP contribution in [0.3, 0.4) is 0 Å². The van der Waals surface area contributed by atoms with Crippen LogP contribution in [0.25, 0.3) is 0 Å². The molecule has 1 aromatic heterocycles. The van der Waals surface area contributed by atoms with E-state index >= 15 is 0 Å². The topological polar surface area (TPSA) is 65.3 Å². The second kappa shape index (κ2) is 9.43. The highest BCUT2D eigenvalue weighted by atomic mass is 19.1. The zero-order chi connectivity index (χ0) is 21.8. The van der Waals surface area contributed by atoms with Crippen LogP contribution in [0, 0.1) is 11.7 Å². The second-order valence-electron chi connectivity index (χ2n) is 8.05. The fourth-order valence-electron chi connectivity index (χ4n) is 4.11. The number of hydrogen-bond acceptors (Lipinski definition) is 6. The smallest absolute Gasteiger partial charge is 0.173 e. The minimum atomic E-state index is -0.260. The lowest BCUT2D eigenvalue weighted by Crippen LogP contribution is -2.38. The lowest BCUT2D eigenvalue weighted by molar-refractivity contribution is 0.148. The number of ether oxygens (including phenoxy) is 2. The molecule has 164 valence electrons. The van der Waals surface area contributed by atoms with Gasteiger partial charge in [0.15, 0.2) is 5.82 Å². The van der Waals surface area contributed by atoms with Gasteiger partial charge in [-0.3, -0.25) is 4.90 Å². The largest absolute Gasteiger partial charge is 0.497 e. The quantitative estimate of drug-likeness (QED) is 0.575. The fourth-order valence-corrected chi connectivity index (χ4v) is 4.11. The maximum atomic E-state index is 13.3. The van der Waals surface area contributed by atoms with Crippen LogP contribution >= 0.6 is 0 Å². The summed E-state index contributed by atoms with van der Waals surface area (Å²) in [6, 6.07) is 12.1. The average molecular weight is 426 g/mol. The van der Waals surface area contributed by atoms with E-state index in [9.17, 15) is 4.39 Å². The van der Waals surface area contributed by atoms with Gasteiger partial charge >= 0.3 is 0 Å². The first-order chi connectivity index (χ1) is 15.1. The summed E-state index contributed by atoms with van der Waals surface area (Å²) in [5, 5.41) is 12.6. The van der Waals surface area contributed by atoms with Crippen LogP contribution in [-0.2, 0) is 6.54 Å². The number of benzene rings is 2. The van der Waals surface area contributed by atoms with Gasteiger partial charge in [0, 0.05) is 11.6 Å². The highest BCUT2D eigenvalue weighted by molar-refractivity contribution is 5.44. The molecule has 1 atom stereocenters. The number of methoxy groups -OCH3 is 2. The predicted octanol–water partition coefficient (Wildman–Crippen LogP) is 3.70. The van der Waals surface area contributed by atoms with Crippen LogP contribution in [0.5, 0.6) is 11.5 Å². The van der Waals surface area contributed by atoms with Gasteiger partial charge in [-0.05, 0) is 72.1 Å². The predicted molar refractivity (Wildman–Crippen MR) is 115 cm³/mol. The molecule has 2 heterocycles. The van der Waals surface area contributed by atoms with Crippen molar-refractivity contribution in [3.05, 3.63) is 65.2 Å². The molecular weight excluding hydrogens is 397 g/mol. The van der Waals surface area contributed by atoms with Crippen molar-refractivity contribution in [1.29, 1.82) is 0 Å². The van der Waals surface area contributed by atoms with Crippen LogP contribution in [0.2, 0.25) is 0 Å². The van der Waals surface area contributed by atoms with E-state index in [1.165, 1.54) is 12.1 Å². The molecule has 7 nitrogen and oxygen atoms in total. The van der Waals surface area contributed by atoms with E-state index < -0.39 is 0 Å².